The zero-order valence-corrected chi connectivity index (χ0v) is 10.5. The standard InChI is InChI=1S/C13H26N2O/c1-2-11-3-5-12(6-4-11)15-7-8-16-10-13(15)9-14/h11-13H,2-10,14H2,1H3. The Labute approximate surface area is 99.3 Å². The van der Waals surface area contributed by atoms with E-state index in [2.05, 4.69) is 11.8 Å². The molecule has 0 bridgehead atoms. The summed E-state index contributed by atoms with van der Waals surface area (Å²) in [5, 5.41) is 0. The Hall–Kier alpha value is -0.120. The van der Waals surface area contributed by atoms with Gasteiger partial charge in [0, 0.05) is 25.2 Å². The highest BCUT2D eigenvalue weighted by molar-refractivity contribution is 4.85. The molecule has 2 N–H and O–H groups in total. The molecule has 1 aliphatic heterocycles. The molecule has 0 amide bonds. The van der Waals surface area contributed by atoms with Crippen LogP contribution in [0.3, 0.4) is 0 Å². The maximum atomic E-state index is 5.83. The molecule has 1 aliphatic carbocycles. The largest absolute Gasteiger partial charge is 0.378 e. The normalized spacial score (nSPS) is 37.5. The van der Waals surface area contributed by atoms with Crippen molar-refractivity contribution >= 4 is 0 Å². The van der Waals surface area contributed by atoms with Crippen LogP contribution in [0.2, 0.25) is 0 Å². The van der Waals surface area contributed by atoms with Gasteiger partial charge in [0.1, 0.15) is 0 Å². The molecule has 2 fully saturated rings. The summed E-state index contributed by atoms with van der Waals surface area (Å²) < 4.78 is 5.51. The second-order valence-corrected chi connectivity index (χ2v) is 5.29. The molecule has 2 rings (SSSR count). The topological polar surface area (TPSA) is 38.5 Å². The summed E-state index contributed by atoms with van der Waals surface area (Å²) in [6, 6.07) is 1.25. The molecule has 0 radical (unpaired) electrons. The van der Waals surface area contributed by atoms with Gasteiger partial charge < -0.3 is 10.5 Å². The lowest BCUT2D eigenvalue weighted by molar-refractivity contribution is -0.0354. The third-order valence-electron chi connectivity index (χ3n) is 4.41. The number of rotatable bonds is 3. The molecule has 0 aromatic heterocycles. The molecule has 2 aliphatic rings. The highest BCUT2D eigenvalue weighted by atomic mass is 16.5. The predicted octanol–water partition coefficient (Wildman–Crippen LogP) is 1.61. The lowest BCUT2D eigenvalue weighted by Gasteiger charge is -2.43. The van der Waals surface area contributed by atoms with Crippen LogP contribution < -0.4 is 5.73 Å². The van der Waals surface area contributed by atoms with Gasteiger partial charge in [-0.15, -0.1) is 0 Å². The van der Waals surface area contributed by atoms with E-state index in [9.17, 15) is 0 Å². The van der Waals surface area contributed by atoms with Gasteiger partial charge in [-0.2, -0.15) is 0 Å². The van der Waals surface area contributed by atoms with Crippen LogP contribution in [0, 0.1) is 5.92 Å². The molecule has 16 heavy (non-hydrogen) atoms. The van der Waals surface area contributed by atoms with E-state index in [1.807, 2.05) is 0 Å². The zero-order chi connectivity index (χ0) is 11.4. The Morgan fingerprint density at radius 3 is 2.62 bits per heavy atom. The van der Waals surface area contributed by atoms with Crippen LogP contribution in [-0.4, -0.2) is 43.3 Å². The van der Waals surface area contributed by atoms with Gasteiger partial charge in [0.2, 0.25) is 0 Å². The van der Waals surface area contributed by atoms with Gasteiger partial charge in [0.25, 0.3) is 0 Å². The van der Waals surface area contributed by atoms with Crippen molar-refractivity contribution < 1.29 is 4.74 Å². The van der Waals surface area contributed by atoms with Gasteiger partial charge in [0.05, 0.1) is 13.2 Å². The fourth-order valence-corrected chi connectivity index (χ4v) is 3.24. The molecule has 3 heteroatoms. The Bertz CT molecular complexity index is 202. The highest BCUT2D eigenvalue weighted by Crippen LogP contribution is 2.30. The van der Waals surface area contributed by atoms with Crippen LogP contribution in [0.4, 0.5) is 0 Å². The molecule has 1 unspecified atom stereocenters. The Balaban J connectivity index is 1.86. The first-order valence-corrected chi connectivity index (χ1v) is 6.88. The molecular weight excluding hydrogens is 200 g/mol. The molecule has 1 heterocycles. The van der Waals surface area contributed by atoms with Crippen molar-refractivity contribution in [3.63, 3.8) is 0 Å². The van der Waals surface area contributed by atoms with E-state index in [4.69, 9.17) is 10.5 Å². The van der Waals surface area contributed by atoms with Crippen LogP contribution >= 0.6 is 0 Å². The molecule has 1 atom stereocenters. The average Bonchev–Trinajstić information content (AvgIpc) is 2.39. The number of nitrogens with zero attached hydrogens (tertiary/aromatic N) is 1. The van der Waals surface area contributed by atoms with Crippen molar-refractivity contribution in [2.45, 2.75) is 51.1 Å². The van der Waals surface area contributed by atoms with Crippen LogP contribution in [0.15, 0.2) is 0 Å². The summed E-state index contributed by atoms with van der Waals surface area (Å²) in [6.07, 6.45) is 6.92. The fourth-order valence-electron chi connectivity index (χ4n) is 3.24. The molecule has 0 aromatic carbocycles. The first-order chi connectivity index (χ1) is 7.85. The van der Waals surface area contributed by atoms with Gasteiger partial charge in [0.15, 0.2) is 0 Å². The predicted molar refractivity (Wildman–Crippen MR) is 66.4 cm³/mol. The summed E-state index contributed by atoms with van der Waals surface area (Å²) in [5.74, 6) is 0.980. The second kappa shape index (κ2) is 5.99. The van der Waals surface area contributed by atoms with Gasteiger partial charge in [-0.25, -0.2) is 0 Å². The fraction of sp³-hybridized carbons (Fsp3) is 1.00. The first-order valence-electron chi connectivity index (χ1n) is 6.88. The van der Waals surface area contributed by atoms with E-state index in [0.29, 0.717) is 6.04 Å². The number of morpholine rings is 1. The minimum Gasteiger partial charge on any atom is -0.378 e. The summed E-state index contributed by atoms with van der Waals surface area (Å²) >= 11 is 0. The van der Waals surface area contributed by atoms with Gasteiger partial charge in [-0.3, -0.25) is 4.90 Å². The van der Waals surface area contributed by atoms with E-state index in [1.54, 1.807) is 0 Å². The summed E-state index contributed by atoms with van der Waals surface area (Å²) in [4.78, 5) is 2.62. The first kappa shape index (κ1) is 12.3. The Kier molecular flexibility index (Phi) is 4.62. The van der Waals surface area contributed by atoms with Crippen molar-refractivity contribution in [3.8, 4) is 0 Å². The second-order valence-electron chi connectivity index (χ2n) is 5.29. The monoisotopic (exact) mass is 226 g/mol. The smallest absolute Gasteiger partial charge is 0.0634 e. The quantitative estimate of drug-likeness (QED) is 0.794. The Morgan fingerprint density at radius 2 is 2.00 bits per heavy atom. The molecule has 3 nitrogen and oxygen atoms in total. The number of nitrogens with two attached hydrogens (primary N) is 1. The number of ether oxygens (including phenoxy) is 1. The lowest BCUT2D eigenvalue weighted by Crippen LogP contribution is -2.54. The third kappa shape index (κ3) is 2.76. The van der Waals surface area contributed by atoms with E-state index >= 15 is 0 Å². The van der Waals surface area contributed by atoms with Crippen molar-refractivity contribution in [3.05, 3.63) is 0 Å². The molecule has 0 aromatic rings. The van der Waals surface area contributed by atoms with Crippen molar-refractivity contribution in [2.24, 2.45) is 11.7 Å². The van der Waals surface area contributed by atoms with Crippen molar-refractivity contribution in [1.29, 1.82) is 0 Å². The molecule has 0 spiro atoms. The number of hydrogen-bond acceptors (Lipinski definition) is 3. The van der Waals surface area contributed by atoms with Crippen molar-refractivity contribution in [2.75, 3.05) is 26.3 Å². The SMILES string of the molecule is CCC1CCC(N2CCOCC2CN)CC1. The lowest BCUT2D eigenvalue weighted by atomic mass is 9.83. The Morgan fingerprint density at radius 1 is 1.25 bits per heavy atom. The zero-order valence-electron chi connectivity index (χ0n) is 10.5. The van der Waals surface area contributed by atoms with Crippen LogP contribution in [0.25, 0.3) is 0 Å². The maximum Gasteiger partial charge on any atom is 0.0634 e. The molecule has 1 saturated carbocycles. The van der Waals surface area contributed by atoms with Crippen LogP contribution in [0.1, 0.15) is 39.0 Å². The van der Waals surface area contributed by atoms with Gasteiger partial charge in [-0.1, -0.05) is 13.3 Å². The van der Waals surface area contributed by atoms with Gasteiger partial charge >= 0.3 is 0 Å². The van der Waals surface area contributed by atoms with Gasteiger partial charge in [-0.05, 0) is 31.6 Å². The molecule has 1 saturated heterocycles. The van der Waals surface area contributed by atoms with E-state index in [1.165, 1.54) is 32.1 Å². The maximum absolute atomic E-state index is 5.83. The third-order valence-corrected chi connectivity index (χ3v) is 4.41. The molecular formula is C13H26N2O. The summed E-state index contributed by atoms with van der Waals surface area (Å²) in [7, 11) is 0. The van der Waals surface area contributed by atoms with E-state index in [0.717, 1.165) is 38.3 Å². The average molecular weight is 226 g/mol. The van der Waals surface area contributed by atoms with E-state index < -0.39 is 0 Å². The van der Waals surface area contributed by atoms with Crippen LogP contribution in [0.5, 0.6) is 0 Å². The van der Waals surface area contributed by atoms with Crippen LogP contribution in [-0.2, 0) is 4.74 Å². The minimum atomic E-state index is 0.469. The van der Waals surface area contributed by atoms with E-state index in [-0.39, 0.29) is 0 Å². The molecule has 94 valence electrons. The highest BCUT2D eigenvalue weighted by Gasteiger charge is 2.31. The summed E-state index contributed by atoms with van der Waals surface area (Å²) in [5.41, 5.74) is 5.83. The number of hydrogen-bond donors (Lipinski definition) is 1. The van der Waals surface area contributed by atoms with Crippen molar-refractivity contribution in [1.82, 2.24) is 4.90 Å². The minimum absolute atomic E-state index is 0.469. The summed E-state index contributed by atoms with van der Waals surface area (Å²) in [6.45, 7) is 5.88.